The van der Waals surface area contributed by atoms with E-state index in [4.69, 9.17) is 0 Å². The molecule has 3 N–H and O–H groups in total. The predicted octanol–water partition coefficient (Wildman–Crippen LogP) is 2.65. The van der Waals surface area contributed by atoms with Crippen LogP contribution >= 0.6 is 11.8 Å². The number of hydrogen-bond acceptors (Lipinski definition) is 5. The highest BCUT2D eigenvalue weighted by Crippen LogP contribution is 2.36. The second-order valence-electron chi connectivity index (χ2n) is 5.65. The molecule has 1 aliphatic heterocycles. The first kappa shape index (κ1) is 17.0. The van der Waals surface area contributed by atoms with Gasteiger partial charge in [-0.1, -0.05) is 23.8 Å². The normalized spacial score (nSPS) is 16.4. The first-order chi connectivity index (χ1) is 12.0. The molecule has 0 spiro atoms. The van der Waals surface area contributed by atoms with Crippen molar-refractivity contribution in [2.75, 3.05) is 5.32 Å². The minimum absolute atomic E-state index is 0.0158. The maximum atomic E-state index is 12.1. The Morgan fingerprint density at radius 2 is 2.16 bits per heavy atom. The van der Waals surface area contributed by atoms with Crippen LogP contribution in [0.1, 0.15) is 17.5 Å². The summed E-state index contributed by atoms with van der Waals surface area (Å²) in [5.74, 6) is -0.475. The molecule has 0 bridgehead atoms. The van der Waals surface area contributed by atoms with Crippen molar-refractivity contribution >= 4 is 35.5 Å². The number of amides is 2. The number of phenols is 1. The number of phenolic OH excluding ortho intramolecular Hbond substituents is 1. The van der Waals surface area contributed by atoms with E-state index in [9.17, 15) is 14.7 Å². The van der Waals surface area contributed by atoms with Gasteiger partial charge in [0.1, 0.15) is 5.75 Å². The monoisotopic (exact) mass is 355 g/mol. The average molecular weight is 355 g/mol. The minimum Gasteiger partial charge on any atom is -0.507 e. The standard InChI is InChI=1S/C18H17N3O3S/c1-11-6-7-14(22)12(8-11)10-19-21-17(23)9-16-18(24)20-13-4-2-3-5-15(13)25-16/h2-8,10,16,22H,9H2,1H3,(H,20,24)(H,21,23)/b19-10+/t16-/m1/s1. The van der Waals surface area contributed by atoms with Crippen molar-refractivity contribution in [2.24, 2.45) is 5.10 Å². The molecule has 2 aromatic rings. The SMILES string of the molecule is Cc1ccc(O)c(/C=N/NC(=O)C[C@H]2Sc3ccccc3NC2=O)c1. The molecule has 128 valence electrons. The van der Waals surface area contributed by atoms with Crippen LogP contribution in [0.2, 0.25) is 0 Å². The Kier molecular flexibility index (Phi) is 5.04. The van der Waals surface area contributed by atoms with Crippen molar-refractivity contribution in [3.63, 3.8) is 0 Å². The van der Waals surface area contributed by atoms with Gasteiger partial charge in [0.25, 0.3) is 0 Å². The van der Waals surface area contributed by atoms with Crippen LogP contribution in [0.3, 0.4) is 0 Å². The van der Waals surface area contributed by atoms with Gasteiger partial charge in [-0.15, -0.1) is 11.8 Å². The molecule has 1 heterocycles. The fraction of sp³-hybridized carbons (Fsp3) is 0.167. The lowest BCUT2D eigenvalue weighted by molar-refractivity contribution is -0.124. The molecule has 1 atom stereocenters. The summed E-state index contributed by atoms with van der Waals surface area (Å²) in [6, 6.07) is 12.6. The first-order valence-electron chi connectivity index (χ1n) is 7.71. The van der Waals surface area contributed by atoms with Crippen LogP contribution in [0, 0.1) is 6.92 Å². The van der Waals surface area contributed by atoms with E-state index >= 15 is 0 Å². The van der Waals surface area contributed by atoms with Gasteiger partial charge in [0, 0.05) is 16.9 Å². The molecule has 0 aromatic heterocycles. The smallest absolute Gasteiger partial charge is 0.241 e. The fourth-order valence-electron chi connectivity index (χ4n) is 2.39. The zero-order chi connectivity index (χ0) is 17.8. The lowest BCUT2D eigenvalue weighted by Gasteiger charge is -2.23. The van der Waals surface area contributed by atoms with Crippen LogP contribution in [0.25, 0.3) is 0 Å². The van der Waals surface area contributed by atoms with Crippen molar-refractivity contribution in [3.8, 4) is 5.75 Å². The molecule has 6 nitrogen and oxygen atoms in total. The van der Waals surface area contributed by atoms with E-state index in [0.717, 1.165) is 16.1 Å². The van der Waals surface area contributed by atoms with Gasteiger partial charge < -0.3 is 10.4 Å². The number of anilines is 1. The second-order valence-corrected chi connectivity index (χ2v) is 6.90. The zero-order valence-corrected chi connectivity index (χ0v) is 14.3. The molecule has 0 fully saturated rings. The van der Waals surface area contributed by atoms with Gasteiger partial charge in [-0.2, -0.15) is 5.10 Å². The number of hydrogen-bond donors (Lipinski definition) is 3. The Labute approximate surface area is 149 Å². The van der Waals surface area contributed by atoms with E-state index in [1.165, 1.54) is 18.0 Å². The van der Waals surface area contributed by atoms with Crippen LogP contribution in [0.5, 0.6) is 5.75 Å². The number of nitrogens with one attached hydrogen (secondary N) is 2. The average Bonchev–Trinajstić information content (AvgIpc) is 2.58. The van der Waals surface area contributed by atoms with E-state index in [1.54, 1.807) is 18.2 Å². The number of aryl methyl sites for hydroxylation is 1. The van der Waals surface area contributed by atoms with Crippen molar-refractivity contribution in [2.45, 2.75) is 23.5 Å². The largest absolute Gasteiger partial charge is 0.507 e. The molecule has 25 heavy (non-hydrogen) atoms. The van der Waals surface area contributed by atoms with E-state index in [0.29, 0.717) is 5.56 Å². The summed E-state index contributed by atoms with van der Waals surface area (Å²) < 4.78 is 0. The number of aromatic hydroxyl groups is 1. The van der Waals surface area contributed by atoms with Gasteiger partial charge in [-0.05, 0) is 31.2 Å². The maximum Gasteiger partial charge on any atom is 0.241 e. The highest BCUT2D eigenvalue weighted by Gasteiger charge is 2.28. The Morgan fingerprint density at radius 1 is 1.36 bits per heavy atom. The molecule has 0 unspecified atom stereocenters. The molecule has 0 aliphatic carbocycles. The van der Waals surface area contributed by atoms with Gasteiger partial charge >= 0.3 is 0 Å². The van der Waals surface area contributed by atoms with Crippen LogP contribution in [-0.4, -0.2) is 28.4 Å². The van der Waals surface area contributed by atoms with E-state index in [-0.39, 0.29) is 24.0 Å². The summed E-state index contributed by atoms with van der Waals surface area (Å²) in [7, 11) is 0. The maximum absolute atomic E-state index is 12.1. The van der Waals surface area contributed by atoms with Crippen LogP contribution in [0.15, 0.2) is 52.5 Å². The summed E-state index contributed by atoms with van der Waals surface area (Å²) in [5, 5.41) is 15.9. The molecular formula is C18H17N3O3S. The number of carbonyl (C=O) groups is 2. The van der Waals surface area contributed by atoms with Crippen molar-refractivity contribution < 1.29 is 14.7 Å². The third-order valence-electron chi connectivity index (χ3n) is 3.65. The second kappa shape index (κ2) is 7.40. The Morgan fingerprint density at radius 3 is 3.00 bits per heavy atom. The quantitative estimate of drug-likeness (QED) is 0.581. The van der Waals surface area contributed by atoms with Crippen LogP contribution in [-0.2, 0) is 9.59 Å². The summed E-state index contributed by atoms with van der Waals surface area (Å²) in [6.07, 6.45) is 1.39. The number of para-hydroxylation sites is 1. The molecule has 2 amide bonds. The summed E-state index contributed by atoms with van der Waals surface area (Å²) in [5.41, 5.74) is 4.65. The number of carbonyl (C=O) groups excluding carboxylic acids is 2. The van der Waals surface area contributed by atoms with Crippen molar-refractivity contribution in [3.05, 3.63) is 53.6 Å². The molecular weight excluding hydrogens is 338 g/mol. The van der Waals surface area contributed by atoms with E-state index < -0.39 is 5.25 Å². The molecule has 1 aliphatic rings. The number of fused-ring (bicyclic) bond motifs is 1. The molecule has 0 saturated carbocycles. The van der Waals surface area contributed by atoms with Crippen LogP contribution < -0.4 is 10.7 Å². The van der Waals surface area contributed by atoms with E-state index in [2.05, 4.69) is 15.8 Å². The number of hydrazone groups is 1. The lowest BCUT2D eigenvalue weighted by Crippen LogP contribution is -2.33. The molecule has 0 saturated heterocycles. The Hall–Kier alpha value is -2.80. The number of thioether (sulfide) groups is 1. The van der Waals surface area contributed by atoms with Crippen LogP contribution in [0.4, 0.5) is 5.69 Å². The summed E-state index contributed by atoms with van der Waals surface area (Å²) >= 11 is 1.36. The fourth-order valence-corrected chi connectivity index (χ4v) is 3.50. The molecule has 2 aromatic carbocycles. The van der Waals surface area contributed by atoms with Crippen molar-refractivity contribution in [1.82, 2.24) is 5.43 Å². The minimum atomic E-state index is -0.502. The van der Waals surface area contributed by atoms with Gasteiger partial charge in [-0.25, -0.2) is 5.43 Å². The zero-order valence-electron chi connectivity index (χ0n) is 13.5. The predicted molar refractivity (Wildman–Crippen MR) is 97.9 cm³/mol. The van der Waals surface area contributed by atoms with E-state index in [1.807, 2.05) is 31.2 Å². The first-order valence-corrected chi connectivity index (χ1v) is 8.59. The third kappa shape index (κ3) is 4.19. The molecule has 3 rings (SSSR count). The Balaban J connectivity index is 1.59. The summed E-state index contributed by atoms with van der Waals surface area (Å²) in [4.78, 5) is 25.1. The lowest BCUT2D eigenvalue weighted by atomic mass is 10.1. The number of nitrogens with zero attached hydrogens (tertiary/aromatic N) is 1. The number of benzene rings is 2. The van der Waals surface area contributed by atoms with Gasteiger partial charge in [-0.3, -0.25) is 9.59 Å². The topological polar surface area (TPSA) is 90.8 Å². The van der Waals surface area contributed by atoms with Gasteiger partial charge in [0.15, 0.2) is 0 Å². The number of rotatable bonds is 4. The molecule has 7 heteroatoms. The van der Waals surface area contributed by atoms with Gasteiger partial charge in [0.2, 0.25) is 11.8 Å². The highest BCUT2D eigenvalue weighted by molar-refractivity contribution is 8.01. The molecule has 0 radical (unpaired) electrons. The van der Waals surface area contributed by atoms with Crippen molar-refractivity contribution in [1.29, 1.82) is 0 Å². The highest BCUT2D eigenvalue weighted by atomic mass is 32.2. The third-order valence-corrected chi connectivity index (χ3v) is 4.93. The van der Waals surface area contributed by atoms with Gasteiger partial charge in [0.05, 0.1) is 17.2 Å². The summed E-state index contributed by atoms with van der Waals surface area (Å²) in [6.45, 7) is 1.89. The Bertz CT molecular complexity index is 851.